The first-order chi connectivity index (χ1) is 24.3. The van der Waals surface area contributed by atoms with Crippen LogP contribution in [0.2, 0.25) is 0 Å². The van der Waals surface area contributed by atoms with Crippen LogP contribution in [0, 0.1) is 0 Å². The first-order valence-electron chi connectivity index (χ1n) is 16.2. The molecule has 6 aromatic carbocycles. The average Bonchev–Trinajstić information content (AvgIpc) is 3.57. The fourth-order valence-electron chi connectivity index (χ4n) is 6.32. The average molecular weight is 629 g/mol. The normalized spacial score (nSPS) is 11.3. The van der Waals surface area contributed by atoms with E-state index in [4.69, 9.17) is 24.4 Å². The van der Waals surface area contributed by atoms with Crippen molar-refractivity contribution in [3.63, 3.8) is 0 Å². The predicted octanol–water partition coefficient (Wildman–Crippen LogP) is 11.2. The number of benzene rings is 6. The van der Waals surface area contributed by atoms with Crippen molar-refractivity contribution in [1.82, 2.24) is 19.9 Å². The van der Waals surface area contributed by atoms with Crippen LogP contribution in [0.15, 0.2) is 174 Å². The van der Waals surface area contributed by atoms with Gasteiger partial charge in [0.05, 0.1) is 22.5 Å². The highest BCUT2D eigenvalue weighted by Gasteiger charge is 2.18. The third-order valence-corrected chi connectivity index (χ3v) is 8.73. The molecule has 9 aromatic rings. The third-order valence-electron chi connectivity index (χ3n) is 8.73. The fraction of sp³-hybridized carbons (Fsp3) is 0. The van der Waals surface area contributed by atoms with Gasteiger partial charge in [-0.25, -0.2) is 15.0 Å². The molecule has 0 N–H and O–H groups in total. The Kier molecular flexibility index (Phi) is 7.06. The number of furan rings is 1. The Balaban J connectivity index is 1.15. The largest absolute Gasteiger partial charge is 0.438 e. The lowest BCUT2D eigenvalue weighted by Crippen LogP contribution is -1.96. The van der Waals surface area contributed by atoms with E-state index in [0.717, 1.165) is 72.4 Å². The maximum atomic E-state index is 6.27. The Hall–Kier alpha value is -6.72. The first-order valence-corrected chi connectivity index (χ1v) is 16.2. The highest BCUT2D eigenvalue weighted by molar-refractivity contribution is 6.10. The minimum Gasteiger partial charge on any atom is -0.438 e. The molecule has 9 rings (SSSR count). The van der Waals surface area contributed by atoms with Crippen LogP contribution in [0.3, 0.4) is 0 Å². The number of rotatable bonds is 6. The number of hydrogen-bond acceptors (Lipinski definition) is 5. The van der Waals surface area contributed by atoms with Crippen LogP contribution in [0.1, 0.15) is 0 Å². The molecule has 49 heavy (non-hydrogen) atoms. The highest BCUT2D eigenvalue weighted by atomic mass is 16.3. The van der Waals surface area contributed by atoms with Gasteiger partial charge in [0, 0.05) is 33.2 Å². The third kappa shape index (κ3) is 5.43. The molecular weight excluding hydrogens is 601 g/mol. The highest BCUT2D eigenvalue weighted by Crippen LogP contribution is 2.37. The van der Waals surface area contributed by atoms with E-state index in [2.05, 4.69) is 84.9 Å². The molecule has 5 nitrogen and oxygen atoms in total. The van der Waals surface area contributed by atoms with Crippen molar-refractivity contribution in [2.45, 2.75) is 0 Å². The van der Waals surface area contributed by atoms with Crippen molar-refractivity contribution < 1.29 is 4.42 Å². The molecule has 3 heterocycles. The van der Waals surface area contributed by atoms with E-state index in [-0.39, 0.29) is 0 Å². The molecule has 5 heteroatoms. The van der Waals surface area contributed by atoms with Crippen LogP contribution in [0.5, 0.6) is 0 Å². The molecule has 0 saturated heterocycles. The maximum absolute atomic E-state index is 6.27. The van der Waals surface area contributed by atoms with Gasteiger partial charge >= 0.3 is 0 Å². The van der Waals surface area contributed by atoms with E-state index in [1.807, 2.05) is 84.9 Å². The van der Waals surface area contributed by atoms with Gasteiger partial charge in [-0.05, 0) is 35.4 Å². The first kappa shape index (κ1) is 28.5. The molecule has 0 aliphatic carbocycles. The number of fused-ring (bicyclic) bond motifs is 3. The number of aromatic nitrogens is 4. The summed E-state index contributed by atoms with van der Waals surface area (Å²) in [7, 11) is 0. The zero-order valence-electron chi connectivity index (χ0n) is 26.4. The SMILES string of the molecule is c1ccc(-c2cc(-c3ccccc3)nc(-c3cccc(-c4cccc(-c5nc(-c6ccccc6)c6c(n5)oc5ccccc56)c4)c3)n2)cc1. The van der Waals surface area contributed by atoms with Crippen LogP contribution >= 0.6 is 0 Å². The second kappa shape index (κ2) is 12.1. The molecule has 0 aliphatic rings. The van der Waals surface area contributed by atoms with Crippen LogP contribution in [-0.4, -0.2) is 19.9 Å². The molecule has 0 bridgehead atoms. The smallest absolute Gasteiger partial charge is 0.231 e. The molecule has 0 unspecified atom stereocenters. The summed E-state index contributed by atoms with van der Waals surface area (Å²) in [6.45, 7) is 0. The number of para-hydroxylation sites is 1. The van der Waals surface area contributed by atoms with Gasteiger partial charge in [0.15, 0.2) is 11.6 Å². The van der Waals surface area contributed by atoms with Gasteiger partial charge in [0.25, 0.3) is 0 Å². The van der Waals surface area contributed by atoms with E-state index in [9.17, 15) is 0 Å². The van der Waals surface area contributed by atoms with Gasteiger partial charge in [-0.15, -0.1) is 0 Å². The lowest BCUT2D eigenvalue weighted by Gasteiger charge is -2.11. The lowest BCUT2D eigenvalue weighted by atomic mass is 10.00. The molecular formula is C44H28N4O. The summed E-state index contributed by atoms with van der Waals surface area (Å²) in [6, 6.07) is 57.5. The van der Waals surface area contributed by atoms with E-state index in [1.54, 1.807) is 0 Å². The predicted molar refractivity (Wildman–Crippen MR) is 198 cm³/mol. The van der Waals surface area contributed by atoms with Crippen molar-refractivity contribution in [1.29, 1.82) is 0 Å². The fourth-order valence-corrected chi connectivity index (χ4v) is 6.32. The zero-order valence-corrected chi connectivity index (χ0v) is 26.4. The Morgan fingerprint density at radius 2 is 0.816 bits per heavy atom. The molecule has 0 radical (unpaired) electrons. The summed E-state index contributed by atoms with van der Waals surface area (Å²) in [5.74, 6) is 1.28. The summed E-state index contributed by atoms with van der Waals surface area (Å²) in [5, 5.41) is 1.92. The Morgan fingerprint density at radius 1 is 0.347 bits per heavy atom. The molecule has 0 spiro atoms. The summed E-state index contributed by atoms with van der Waals surface area (Å²) >= 11 is 0. The van der Waals surface area contributed by atoms with Gasteiger partial charge < -0.3 is 4.42 Å². The standard InChI is InChI=1S/C44H28N4O/c1-4-14-29(15-5-1)37-28-38(30-16-6-2-7-17-30)46-42(45-37)34-22-12-20-32(26-34)33-21-13-23-35(27-33)43-47-41(31-18-8-3-9-19-31)40-36-24-10-11-25-39(36)49-44(40)48-43/h1-28H. The Morgan fingerprint density at radius 3 is 1.41 bits per heavy atom. The Bertz CT molecular complexity index is 2540. The van der Waals surface area contributed by atoms with E-state index in [0.29, 0.717) is 17.4 Å². The molecule has 0 amide bonds. The number of nitrogens with zero attached hydrogens (tertiary/aromatic N) is 4. The van der Waals surface area contributed by atoms with Crippen LogP contribution < -0.4 is 0 Å². The molecule has 0 atom stereocenters. The van der Waals surface area contributed by atoms with Crippen molar-refractivity contribution in [2.75, 3.05) is 0 Å². The molecule has 0 fully saturated rings. The van der Waals surface area contributed by atoms with E-state index in [1.165, 1.54) is 0 Å². The molecule has 3 aromatic heterocycles. The van der Waals surface area contributed by atoms with Crippen molar-refractivity contribution in [3.8, 4) is 67.7 Å². The second-order valence-electron chi connectivity index (χ2n) is 11.9. The minimum atomic E-state index is 0.571. The van der Waals surface area contributed by atoms with Crippen LogP contribution in [0.4, 0.5) is 0 Å². The van der Waals surface area contributed by atoms with Gasteiger partial charge in [-0.1, -0.05) is 146 Å². The summed E-state index contributed by atoms with van der Waals surface area (Å²) in [6.07, 6.45) is 0. The van der Waals surface area contributed by atoms with E-state index < -0.39 is 0 Å². The molecule has 0 aliphatic heterocycles. The second-order valence-corrected chi connectivity index (χ2v) is 11.9. The van der Waals surface area contributed by atoms with Crippen LogP contribution in [0.25, 0.3) is 89.7 Å². The summed E-state index contributed by atoms with van der Waals surface area (Å²) < 4.78 is 6.27. The van der Waals surface area contributed by atoms with Crippen molar-refractivity contribution in [2.24, 2.45) is 0 Å². The maximum Gasteiger partial charge on any atom is 0.231 e. The monoisotopic (exact) mass is 628 g/mol. The summed E-state index contributed by atoms with van der Waals surface area (Å²) in [5.41, 5.74) is 11.0. The molecule has 230 valence electrons. The van der Waals surface area contributed by atoms with Gasteiger partial charge in [-0.3, -0.25) is 0 Å². The topological polar surface area (TPSA) is 64.7 Å². The van der Waals surface area contributed by atoms with Crippen LogP contribution in [-0.2, 0) is 0 Å². The quantitative estimate of drug-likeness (QED) is 0.183. The minimum absolute atomic E-state index is 0.571. The van der Waals surface area contributed by atoms with Gasteiger partial charge in [0.2, 0.25) is 5.71 Å². The van der Waals surface area contributed by atoms with E-state index >= 15 is 0 Å². The molecule has 0 saturated carbocycles. The lowest BCUT2D eigenvalue weighted by molar-refractivity contribution is 0.653. The number of hydrogen-bond donors (Lipinski definition) is 0. The Labute approximate surface area is 283 Å². The van der Waals surface area contributed by atoms with Gasteiger partial charge in [0.1, 0.15) is 5.58 Å². The van der Waals surface area contributed by atoms with Gasteiger partial charge in [-0.2, -0.15) is 4.98 Å². The van der Waals surface area contributed by atoms with Crippen molar-refractivity contribution in [3.05, 3.63) is 170 Å². The summed E-state index contributed by atoms with van der Waals surface area (Å²) in [4.78, 5) is 20.2. The van der Waals surface area contributed by atoms with Crippen molar-refractivity contribution >= 4 is 22.1 Å². The zero-order chi connectivity index (χ0) is 32.6.